The van der Waals surface area contributed by atoms with Crippen LogP contribution < -0.4 is 0 Å². The number of hydrogen-bond acceptors (Lipinski definition) is 1. The van der Waals surface area contributed by atoms with Gasteiger partial charge in [0.2, 0.25) is 0 Å². The summed E-state index contributed by atoms with van der Waals surface area (Å²) in [5, 5.41) is 0.557. The van der Waals surface area contributed by atoms with Crippen molar-refractivity contribution in [3.8, 4) is 0 Å². The van der Waals surface area contributed by atoms with E-state index < -0.39 is 0 Å². The van der Waals surface area contributed by atoms with Crippen LogP contribution in [-0.4, -0.2) is 4.98 Å². The normalized spacial score (nSPS) is 12.4. The number of pyridine rings is 1. The highest BCUT2D eigenvalue weighted by Gasteiger charge is 2.02. The Labute approximate surface area is 90.1 Å². The van der Waals surface area contributed by atoms with Gasteiger partial charge in [-0.05, 0) is 31.1 Å². The first-order chi connectivity index (χ1) is 6.79. The van der Waals surface area contributed by atoms with Crippen LogP contribution in [0.15, 0.2) is 36.6 Å². The van der Waals surface area contributed by atoms with E-state index in [1.54, 1.807) is 6.20 Å². The third-order valence-corrected chi connectivity index (χ3v) is 2.22. The summed E-state index contributed by atoms with van der Waals surface area (Å²) in [6.07, 6.45) is 8.94. The highest BCUT2D eigenvalue weighted by molar-refractivity contribution is 6.31. The molecule has 1 aromatic heterocycles. The van der Waals surface area contributed by atoms with Gasteiger partial charge >= 0.3 is 0 Å². The quantitative estimate of drug-likeness (QED) is 0.537. The van der Waals surface area contributed by atoms with Crippen molar-refractivity contribution < 1.29 is 0 Å². The van der Waals surface area contributed by atoms with E-state index in [0.29, 0.717) is 5.15 Å². The molecule has 0 fully saturated rings. The first-order valence-electron chi connectivity index (χ1n) is 4.73. The predicted molar refractivity (Wildman–Crippen MR) is 62.3 cm³/mol. The van der Waals surface area contributed by atoms with Crippen LogP contribution in [-0.2, 0) is 0 Å². The molecule has 0 radical (unpaired) electrons. The molecule has 0 aliphatic heterocycles. The van der Waals surface area contributed by atoms with Crippen LogP contribution in [0.4, 0.5) is 0 Å². The van der Waals surface area contributed by atoms with E-state index in [1.165, 1.54) is 0 Å². The molecule has 0 aliphatic carbocycles. The van der Waals surface area contributed by atoms with Gasteiger partial charge in [0.1, 0.15) is 5.15 Å². The number of nitrogens with zero attached hydrogens (tertiary/aromatic N) is 1. The summed E-state index contributed by atoms with van der Waals surface area (Å²) < 4.78 is 0. The van der Waals surface area contributed by atoms with Crippen LogP contribution >= 0.6 is 11.6 Å². The standard InChI is InChI=1S/C12H14ClN/c1-3-5-7-10(4-2)11-8-6-9-14-12(11)13/h4-9H,3H2,1-2H3/b7-5-,10-4+. The molecule has 1 aromatic rings. The third kappa shape index (κ3) is 2.71. The number of halogens is 1. The highest BCUT2D eigenvalue weighted by atomic mass is 35.5. The lowest BCUT2D eigenvalue weighted by Gasteiger charge is -2.03. The summed E-state index contributed by atoms with van der Waals surface area (Å²) in [7, 11) is 0. The fraction of sp³-hybridized carbons (Fsp3) is 0.250. The van der Waals surface area contributed by atoms with Gasteiger partial charge < -0.3 is 0 Å². The first kappa shape index (κ1) is 11.0. The van der Waals surface area contributed by atoms with Crippen LogP contribution in [0.25, 0.3) is 5.57 Å². The van der Waals surface area contributed by atoms with Crippen molar-refractivity contribution in [2.24, 2.45) is 0 Å². The zero-order valence-corrected chi connectivity index (χ0v) is 9.25. The predicted octanol–water partition coefficient (Wildman–Crippen LogP) is 4.10. The molecule has 74 valence electrons. The van der Waals surface area contributed by atoms with Crippen molar-refractivity contribution in [3.05, 3.63) is 47.3 Å². The van der Waals surface area contributed by atoms with Crippen molar-refractivity contribution in [1.82, 2.24) is 4.98 Å². The molecule has 0 amide bonds. The fourth-order valence-electron chi connectivity index (χ4n) is 1.19. The molecule has 0 saturated carbocycles. The lowest BCUT2D eigenvalue weighted by atomic mass is 10.1. The van der Waals surface area contributed by atoms with Gasteiger partial charge in [-0.15, -0.1) is 0 Å². The minimum Gasteiger partial charge on any atom is -0.244 e. The smallest absolute Gasteiger partial charge is 0.136 e. The van der Waals surface area contributed by atoms with E-state index in [2.05, 4.69) is 24.1 Å². The Morgan fingerprint density at radius 1 is 1.57 bits per heavy atom. The average molecular weight is 208 g/mol. The average Bonchev–Trinajstić information content (AvgIpc) is 2.21. The SMILES string of the molecule is C/C=C(\C=C/CC)c1cccnc1Cl. The second-order valence-electron chi connectivity index (χ2n) is 2.90. The van der Waals surface area contributed by atoms with Gasteiger partial charge in [0, 0.05) is 11.8 Å². The van der Waals surface area contributed by atoms with Crippen LogP contribution in [0.5, 0.6) is 0 Å². The van der Waals surface area contributed by atoms with Crippen molar-refractivity contribution in [2.75, 3.05) is 0 Å². The molecule has 0 saturated heterocycles. The van der Waals surface area contributed by atoms with Crippen molar-refractivity contribution in [3.63, 3.8) is 0 Å². The van der Waals surface area contributed by atoms with Gasteiger partial charge in [0.05, 0.1) is 0 Å². The third-order valence-electron chi connectivity index (χ3n) is 1.91. The van der Waals surface area contributed by atoms with Gasteiger partial charge in [-0.25, -0.2) is 4.98 Å². The van der Waals surface area contributed by atoms with E-state index in [4.69, 9.17) is 11.6 Å². The van der Waals surface area contributed by atoms with Crippen LogP contribution in [0.3, 0.4) is 0 Å². The van der Waals surface area contributed by atoms with Crippen LogP contribution in [0, 0.1) is 0 Å². The van der Waals surface area contributed by atoms with E-state index in [9.17, 15) is 0 Å². The monoisotopic (exact) mass is 207 g/mol. The molecule has 0 aliphatic rings. The lowest BCUT2D eigenvalue weighted by molar-refractivity contribution is 1.22. The van der Waals surface area contributed by atoms with Crippen LogP contribution in [0.2, 0.25) is 5.15 Å². The zero-order chi connectivity index (χ0) is 10.4. The Morgan fingerprint density at radius 3 is 2.93 bits per heavy atom. The van der Waals surface area contributed by atoms with Gasteiger partial charge in [-0.3, -0.25) is 0 Å². The molecule has 0 spiro atoms. The summed E-state index contributed by atoms with van der Waals surface area (Å²) in [5.74, 6) is 0. The molecule has 0 aromatic carbocycles. The Kier molecular flexibility index (Phi) is 4.41. The largest absolute Gasteiger partial charge is 0.244 e. The van der Waals surface area contributed by atoms with E-state index in [1.807, 2.05) is 25.1 Å². The molecular formula is C12H14ClN. The maximum absolute atomic E-state index is 5.99. The molecular weight excluding hydrogens is 194 g/mol. The summed E-state index contributed by atoms with van der Waals surface area (Å²) >= 11 is 5.99. The first-order valence-corrected chi connectivity index (χ1v) is 5.11. The van der Waals surface area contributed by atoms with Crippen LogP contribution in [0.1, 0.15) is 25.8 Å². The maximum Gasteiger partial charge on any atom is 0.136 e. The molecule has 2 heteroatoms. The summed E-state index contributed by atoms with van der Waals surface area (Å²) in [5.41, 5.74) is 2.10. The van der Waals surface area contributed by atoms with Crippen molar-refractivity contribution in [2.45, 2.75) is 20.3 Å². The van der Waals surface area contributed by atoms with Crippen molar-refractivity contribution >= 4 is 17.2 Å². The zero-order valence-electron chi connectivity index (χ0n) is 8.50. The Balaban J connectivity index is 3.02. The van der Waals surface area contributed by atoms with Gasteiger partial charge in [0.15, 0.2) is 0 Å². The van der Waals surface area contributed by atoms with E-state index >= 15 is 0 Å². The Hall–Kier alpha value is -1.08. The van der Waals surface area contributed by atoms with Crippen molar-refractivity contribution in [1.29, 1.82) is 0 Å². The minimum absolute atomic E-state index is 0.557. The molecule has 1 rings (SSSR count). The fourth-order valence-corrected chi connectivity index (χ4v) is 1.42. The maximum atomic E-state index is 5.99. The number of allylic oxidation sites excluding steroid dienone is 4. The number of rotatable bonds is 3. The van der Waals surface area contributed by atoms with Gasteiger partial charge in [0.25, 0.3) is 0 Å². The summed E-state index contributed by atoms with van der Waals surface area (Å²) in [6, 6.07) is 3.87. The number of hydrogen-bond donors (Lipinski definition) is 0. The van der Waals surface area contributed by atoms with Gasteiger partial charge in [-0.2, -0.15) is 0 Å². The second-order valence-corrected chi connectivity index (χ2v) is 3.25. The lowest BCUT2D eigenvalue weighted by Crippen LogP contribution is -1.85. The topological polar surface area (TPSA) is 12.9 Å². The second kappa shape index (κ2) is 5.61. The van der Waals surface area contributed by atoms with E-state index in [0.717, 1.165) is 17.6 Å². The Morgan fingerprint density at radius 2 is 2.36 bits per heavy atom. The molecule has 0 unspecified atom stereocenters. The molecule has 1 nitrogen and oxygen atoms in total. The Bertz CT molecular complexity index is 353. The summed E-state index contributed by atoms with van der Waals surface area (Å²) in [6.45, 7) is 4.10. The summed E-state index contributed by atoms with van der Waals surface area (Å²) in [4.78, 5) is 4.05. The molecule has 0 N–H and O–H groups in total. The molecule has 14 heavy (non-hydrogen) atoms. The molecule has 0 bridgehead atoms. The molecule has 0 atom stereocenters. The van der Waals surface area contributed by atoms with E-state index in [-0.39, 0.29) is 0 Å². The molecule has 1 heterocycles. The number of aromatic nitrogens is 1. The van der Waals surface area contributed by atoms with Gasteiger partial charge in [-0.1, -0.05) is 36.8 Å². The highest BCUT2D eigenvalue weighted by Crippen LogP contribution is 2.22. The minimum atomic E-state index is 0.557.